The lowest BCUT2D eigenvalue weighted by molar-refractivity contribution is 0.0853. The SMILES string of the molecule is C1=NCc2cc(-c3cn4ccnc4c(Nc4ccc(C5CCOCC5)cc4)n3)ccc21. The number of benzene rings is 2. The van der Waals surface area contributed by atoms with Crippen molar-refractivity contribution in [1.82, 2.24) is 14.4 Å². The third-order valence-corrected chi connectivity index (χ3v) is 6.17. The van der Waals surface area contributed by atoms with E-state index in [1.54, 1.807) is 6.20 Å². The van der Waals surface area contributed by atoms with Crippen molar-refractivity contribution in [3.05, 3.63) is 77.7 Å². The van der Waals surface area contributed by atoms with Crippen molar-refractivity contribution in [2.45, 2.75) is 25.3 Å². The second kappa shape index (κ2) is 7.63. The molecule has 2 aromatic heterocycles. The molecule has 6 heteroatoms. The van der Waals surface area contributed by atoms with Gasteiger partial charge in [-0.1, -0.05) is 24.3 Å². The van der Waals surface area contributed by atoms with E-state index in [0.29, 0.717) is 5.92 Å². The molecule has 0 amide bonds. The maximum atomic E-state index is 5.49. The maximum absolute atomic E-state index is 5.49. The van der Waals surface area contributed by atoms with Crippen molar-refractivity contribution in [3.63, 3.8) is 0 Å². The third-order valence-electron chi connectivity index (χ3n) is 6.17. The van der Waals surface area contributed by atoms with Gasteiger partial charge in [-0.3, -0.25) is 4.99 Å². The van der Waals surface area contributed by atoms with E-state index in [4.69, 9.17) is 9.72 Å². The van der Waals surface area contributed by atoms with Crippen LogP contribution in [0.2, 0.25) is 0 Å². The number of ether oxygens (including phenoxy) is 1. The number of aromatic nitrogens is 3. The Balaban J connectivity index is 1.32. The van der Waals surface area contributed by atoms with Gasteiger partial charge in [0.2, 0.25) is 0 Å². The van der Waals surface area contributed by atoms with E-state index in [0.717, 1.165) is 61.0 Å². The average molecular weight is 409 g/mol. The second-order valence-electron chi connectivity index (χ2n) is 8.15. The molecule has 1 fully saturated rings. The zero-order valence-corrected chi connectivity index (χ0v) is 17.2. The molecule has 2 aromatic carbocycles. The van der Waals surface area contributed by atoms with Gasteiger partial charge in [-0.25, -0.2) is 9.97 Å². The lowest BCUT2D eigenvalue weighted by Gasteiger charge is -2.22. The van der Waals surface area contributed by atoms with Crippen LogP contribution in [0.1, 0.15) is 35.4 Å². The Hall–Kier alpha value is -3.51. The molecule has 2 aliphatic rings. The lowest BCUT2D eigenvalue weighted by Crippen LogP contribution is -2.13. The molecule has 0 radical (unpaired) electrons. The molecule has 154 valence electrons. The summed E-state index contributed by atoms with van der Waals surface area (Å²) in [6.07, 6.45) is 9.91. The van der Waals surface area contributed by atoms with Crippen LogP contribution in [-0.4, -0.2) is 33.8 Å². The predicted molar refractivity (Wildman–Crippen MR) is 122 cm³/mol. The average Bonchev–Trinajstić information content (AvgIpc) is 3.49. The third kappa shape index (κ3) is 3.49. The number of anilines is 2. The highest BCUT2D eigenvalue weighted by Gasteiger charge is 2.16. The normalized spacial score (nSPS) is 16.0. The fourth-order valence-corrected chi connectivity index (χ4v) is 4.43. The first-order chi connectivity index (χ1) is 15.3. The van der Waals surface area contributed by atoms with Gasteiger partial charge < -0.3 is 14.5 Å². The standard InChI is InChI=1S/C25H23N5O/c1-2-20-14-26-15-21(20)13-19(1)23-16-30-10-9-27-25(30)24(29-23)28-22-5-3-17(4-6-22)18-7-11-31-12-8-18/h1-6,9-10,13-14,16,18H,7-8,11-12,15H2,(H,28,29). The van der Waals surface area contributed by atoms with Gasteiger partial charge in [0.15, 0.2) is 11.5 Å². The van der Waals surface area contributed by atoms with Gasteiger partial charge in [0.05, 0.1) is 12.2 Å². The number of fused-ring (bicyclic) bond motifs is 2. The molecule has 4 heterocycles. The number of hydrogen-bond acceptors (Lipinski definition) is 5. The van der Waals surface area contributed by atoms with Crippen LogP contribution in [0.25, 0.3) is 16.9 Å². The smallest absolute Gasteiger partial charge is 0.180 e. The number of nitrogens with one attached hydrogen (secondary N) is 1. The number of nitrogens with zero attached hydrogens (tertiary/aromatic N) is 4. The van der Waals surface area contributed by atoms with Crippen LogP contribution >= 0.6 is 0 Å². The van der Waals surface area contributed by atoms with Gasteiger partial charge in [-0.15, -0.1) is 0 Å². The highest BCUT2D eigenvalue weighted by Crippen LogP contribution is 2.30. The van der Waals surface area contributed by atoms with Crippen LogP contribution in [0.4, 0.5) is 11.5 Å². The molecule has 0 atom stereocenters. The summed E-state index contributed by atoms with van der Waals surface area (Å²) in [4.78, 5) is 13.8. The van der Waals surface area contributed by atoms with Crippen molar-refractivity contribution < 1.29 is 4.74 Å². The van der Waals surface area contributed by atoms with Crippen molar-refractivity contribution in [2.24, 2.45) is 4.99 Å². The summed E-state index contributed by atoms with van der Waals surface area (Å²) in [6.45, 7) is 2.45. The fourth-order valence-electron chi connectivity index (χ4n) is 4.43. The highest BCUT2D eigenvalue weighted by molar-refractivity contribution is 5.86. The fraction of sp³-hybridized carbons (Fsp3) is 0.240. The molecule has 6 rings (SSSR count). The van der Waals surface area contributed by atoms with Crippen molar-refractivity contribution in [1.29, 1.82) is 0 Å². The highest BCUT2D eigenvalue weighted by atomic mass is 16.5. The van der Waals surface area contributed by atoms with Crippen LogP contribution < -0.4 is 5.32 Å². The zero-order valence-electron chi connectivity index (χ0n) is 17.2. The van der Waals surface area contributed by atoms with E-state index in [1.165, 1.54) is 16.7 Å². The number of imidazole rings is 1. The van der Waals surface area contributed by atoms with Crippen LogP contribution in [0.3, 0.4) is 0 Å². The molecule has 1 N–H and O–H groups in total. The van der Waals surface area contributed by atoms with Gasteiger partial charge in [0.1, 0.15) is 0 Å². The first-order valence-corrected chi connectivity index (χ1v) is 10.7. The summed E-state index contributed by atoms with van der Waals surface area (Å²) in [5, 5.41) is 3.48. The summed E-state index contributed by atoms with van der Waals surface area (Å²) in [5.74, 6) is 1.34. The van der Waals surface area contributed by atoms with Gasteiger partial charge in [0.25, 0.3) is 0 Å². The second-order valence-corrected chi connectivity index (χ2v) is 8.15. The van der Waals surface area contributed by atoms with Gasteiger partial charge in [-0.05, 0) is 53.6 Å². The molecule has 2 aliphatic heterocycles. The Kier molecular flexibility index (Phi) is 4.50. The Labute approximate surface area is 180 Å². The van der Waals surface area contributed by atoms with Crippen molar-refractivity contribution in [3.8, 4) is 11.3 Å². The van der Waals surface area contributed by atoms with E-state index in [9.17, 15) is 0 Å². The Morgan fingerprint density at radius 1 is 1.03 bits per heavy atom. The van der Waals surface area contributed by atoms with Crippen LogP contribution in [-0.2, 0) is 11.3 Å². The minimum atomic E-state index is 0.590. The molecule has 0 saturated carbocycles. The molecule has 4 aromatic rings. The van der Waals surface area contributed by atoms with Crippen LogP contribution in [0.15, 0.2) is 66.0 Å². The quantitative estimate of drug-likeness (QED) is 0.517. The Morgan fingerprint density at radius 3 is 2.77 bits per heavy atom. The molecule has 6 nitrogen and oxygen atoms in total. The first-order valence-electron chi connectivity index (χ1n) is 10.7. The van der Waals surface area contributed by atoms with Gasteiger partial charge in [-0.2, -0.15) is 0 Å². The maximum Gasteiger partial charge on any atom is 0.180 e. The Morgan fingerprint density at radius 2 is 1.90 bits per heavy atom. The minimum Gasteiger partial charge on any atom is -0.381 e. The van der Waals surface area contributed by atoms with Crippen molar-refractivity contribution in [2.75, 3.05) is 18.5 Å². The minimum absolute atomic E-state index is 0.590. The number of aliphatic imine (C=N–C) groups is 1. The van der Waals surface area contributed by atoms with Crippen LogP contribution in [0, 0.1) is 0 Å². The van der Waals surface area contributed by atoms with Gasteiger partial charge >= 0.3 is 0 Å². The summed E-state index contributed by atoms with van der Waals surface area (Å²) < 4.78 is 7.51. The van der Waals surface area contributed by atoms with E-state index in [-0.39, 0.29) is 0 Å². The summed E-state index contributed by atoms with van der Waals surface area (Å²) in [5.41, 5.74) is 7.61. The zero-order chi connectivity index (χ0) is 20.6. The first kappa shape index (κ1) is 18.3. The molecular weight excluding hydrogens is 386 g/mol. The Bertz CT molecular complexity index is 1270. The molecule has 31 heavy (non-hydrogen) atoms. The topological polar surface area (TPSA) is 63.8 Å². The summed E-state index contributed by atoms with van der Waals surface area (Å²) in [6, 6.07) is 15.1. The summed E-state index contributed by atoms with van der Waals surface area (Å²) >= 11 is 0. The number of hydrogen-bond donors (Lipinski definition) is 1. The van der Waals surface area contributed by atoms with E-state index >= 15 is 0 Å². The molecule has 0 spiro atoms. The molecule has 0 aliphatic carbocycles. The van der Waals surface area contributed by atoms with Crippen LogP contribution in [0.5, 0.6) is 0 Å². The van der Waals surface area contributed by atoms with E-state index in [2.05, 4.69) is 57.8 Å². The van der Waals surface area contributed by atoms with Crippen molar-refractivity contribution >= 4 is 23.4 Å². The van der Waals surface area contributed by atoms with Gasteiger partial charge in [0, 0.05) is 49.3 Å². The number of rotatable bonds is 4. The summed E-state index contributed by atoms with van der Waals surface area (Å²) in [7, 11) is 0. The molecule has 1 saturated heterocycles. The predicted octanol–water partition coefficient (Wildman–Crippen LogP) is 4.97. The van der Waals surface area contributed by atoms with E-state index in [1.807, 2.05) is 23.0 Å². The molecule has 0 unspecified atom stereocenters. The van der Waals surface area contributed by atoms with E-state index < -0.39 is 0 Å². The lowest BCUT2D eigenvalue weighted by atomic mass is 9.92. The largest absolute Gasteiger partial charge is 0.381 e. The monoisotopic (exact) mass is 409 g/mol. The molecule has 0 bridgehead atoms. The molecular formula is C25H23N5O.